The van der Waals surface area contributed by atoms with E-state index in [1.807, 2.05) is 48.5 Å². The number of H-pyrrole nitrogens is 1. The lowest BCUT2D eigenvalue weighted by atomic mass is 10.1. The summed E-state index contributed by atoms with van der Waals surface area (Å²) in [5.41, 5.74) is 4.32. The molecule has 0 unspecified atom stereocenters. The Hall–Kier alpha value is -2.92. The van der Waals surface area contributed by atoms with Crippen LogP contribution in [0.2, 0.25) is 0 Å². The number of nitrogens with zero attached hydrogens (tertiary/aromatic N) is 1. The normalized spacial score (nSPS) is 10.9. The van der Waals surface area contributed by atoms with E-state index in [9.17, 15) is 0 Å². The number of hydrogen-bond donors (Lipinski definition) is 2. The maximum absolute atomic E-state index is 5.84. The molecule has 3 aromatic carbocycles. The molecule has 0 bridgehead atoms. The lowest BCUT2D eigenvalue weighted by Crippen LogP contribution is -1.91. The Labute approximate surface area is 163 Å². The predicted molar refractivity (Wildman–Crippen MR) is 114 cm³/mol. The van der Waals surface area contributed by atoms with Gasteiger partial charge < -0.3 is 14.4 Å². The number of fused-ring (bicyclic) bond motifs is 1. The second-order valence-corrected chi connectivity index (χ2v) is 7.26. The molecule has 4 rings (SSSR count). The molecule has 4 aromatic rings. The highest BCUT2D eigenvalue weighted by molar-refractivity contribution is 8.00. The fraction of sp³-hybridized carbons (Fsp3) is 0.136. The van der Waals surface area contributed by atoms with E-state index in [4.69, 9.17) is 9.72 Å². The van der Waals surface area contributed by atoms with Gasteiger partial charge in [-0.2, -0.15) is 0 Å². The number of aromatic nitrogens is 2. The van der Waals surface area contributed by atoms with E-state index in [-0.39, 0.29) is 0 Å². The molecule has 4 nitrogen and oxygen atoms in total. The first-order chi connectivity index (χ1) is 13.3. The molecule has 2 N–H and O–H groups in total. The third-order valence-electron chi connectivity index (χ3n) is 4.14. The van der Waals surface area contributed by atoms with E-state index in [2.05, 4.69) is 40.9 Å². The lowest BCUT2D eigenvalue weighted by Gasteiger charge is -2.06. The van der Waals surface area contributed by atoms with Crippen molar-refractivity contribution < 1.29 is 4.74 Å². The molecule has 0 aliphatic carbocycles. The SMILES string of the molecule is CCSNc1ccc2nc(Cc3ccc(Oc4ccccc4)cc3)[nH]c2c1. The Morgan fingerprint density at radius 3 is 2.52 bits per heavy atom. The summed E-state index contributed by atoms with van der Waals surface area (Å²) in [6, 6.07) is 24.2. The quantitative estimate of drug-likeness (QED) is 0.387. The van der Waals surface area contributed by atoms with Crippen LogP contribution < -0.4 is 9.46 Å². The van der Waals surface area contributed by atoms with Crippen molar-refractivity contribution in [2.45, 2.75) is 13.3 Å². The van der Waals surface area contributed by atoms with Crippen molar-refractivity contribution in [3.8, 4) is 11.5 Å². The zero-order chi connectivity index (χ0) is 18.5. The second kappa shape index (κ2) is 8.18. The molecule has 5 heteroatoms. The van der Waals surface area contributed by atoms with Crippen molar-refractivity contribution in [1.82, 2.24) is 9.97 Å². The van der Waals surface area contributed by atoms with E-state index in [1.165, 1.54) is 5.56 Å². The van der Waals surface area contributed by atoms with Crippen LogP contribution in [0.4, 0.5) is 5.69 Å². The number of ether oxygens (including phenoxy) is 1. The van der Waals surface area contributed by atoms with E-state index in [1.54, 1.807) is 11.9 Å². The first-order valence-electron chi connectivity index (χ1n) is 8.98. The molecule has 1 aromatic heterocycles. The molecule has 0 aliphatic rings. The minimum Gasteiger partial charge on any atom is -0.457 e. The number of anilines is 1. The maximum Gasteiger partial charge on any atom is 0.127 e. The van der Waals surface area contributed by atoms with Crippen molar-refractivity contribution in [3.63, 3.8) is 0 Å². The zero-order valence-corrected chi connectivity index (χ0v) is 15.9. The molecular formula is C22H21N3OS. The van der Waals surface area contributed by atoms with Crippen molar-refractivity contribution in [3.05, 3.63) is 84.2 Å². The minimum absolute atomic E-state index is 0.757. The third-order valence-corrected chi connectivity index (χ3v) is 4.81. The first kappa shape index (κ1) is 17.5. The molecule has 0 fully saturated rings. The summed E-state index contributed by atoms with van der Waals surface area (Å²) in [6.07, 6.45) is 0.757. The summed E-state index contributed by atoms with van der Waals surface area (Å²) < 4.78 is 9.17. The number of aromatic amines is 1. The molecule has 0 amide bonds. The average Bonchev–Trinajstić information content (AvgIpc) is 3.10. The van der Waals surface area contributed by atoms with E-state index >= 15 is 0 Å². The molecule has 0 radical (unpaired) electrons. The van der Waals surface area contributed by atoms with Crippen LogP contribution in [0.15, 0.2) is 72.8 Å². The Balaban J connectivity index is 1.45. The highest BCUT2D eigenvalue weighted by atomic mass is 32.2. The van der Waals surface area contributed by atoms with Crippen LogP contribution >= 0.6 is 11.9 Å². The van der Waals surface area contributed by atoms with Crippen LogP contribution in [-0.4, -0.2) is 15.7 Å². The highest BCUT2D eigenvalue weighted by Gasteiger charge is 2.06. The topological polar surface area (TPSA) is 49.9 Å². The van der Waals surface area contributed by atoms with Gasteiger partial charge in [-0.15, -0.1) is 0 Å². The van der Waals surface area contributed by atoms with Gasteiger partial charge in [0.15, 0.2) is 0 Å². The Morgan fingerprint density at radius 1 is 0.963 bits per heavy atom. The second-order valence-electron chi connectivity index (χ2n) is 6.19. The molecule has 0 aliphatic heterocycles. The van der Waals surface area contributed by atoms with Gasteiger partial charge in [0.25, 0.3) is 0 Å². The number of nitrogens with one attached hydrogen (secondary N) is 2. The lowest BCUT2D eigenvalue weighted by molar-refractivity contribution is 0.482. The molecule has 0 saturated heterocycles. The van der Waals surface area contributed by atoms with Gasteiger partial charge in [0.1, 0.15) is 17.3 Å². The summed E-state index contributed by atoms with van der Waals surface area (Å²) in [5.74, 6) is 3.66. The van der Waals surface area contributed by atoms with Crippen molar-refractivity contribution in [2.75, 3.05) is 10.5 Å². The maximum atomic E-state index is 5.84. The van der Waals surface area contributed by atoms with Gasteiger partial charge in [-0.3, -0.25) is 0 Å². The van der Waals surface area contributed by atoms with Crippen LogP contribution in [0.5, 0.6) is 11.5 Å². The molecule has 1 heterocycles. The zero-order valence-electron chi connectivity index (χ0n) is 15.1. The van der Waals surface area contributed by atoms with Gasteiger partial charge in [0, 0.05) is 17.9 Å². The van der Waals surface area contributed by atoms with Gasteiger partial charge >= 0.3 is 0 Å². The van der Waals surface area contributed by atoms with Crippen LogP contribution in [0.3, 0.4) is 0 Å². The summed E-state index contributed by atoms with van der Waals surface area (Å²) in [6.45, 7) is 2.13. The number of benzene rings is 3. The number of imidazole rings is 1. The van der Waals surface area contributed by atoms with E-state index < -0.39 is 0 Å². The fourth-order valence-electron chi connectivity index (χ4n) is 2.86. The van der Waals surface area contributed by atoms with Crippen LogP contribution in [0.1, 0.15) is 18.3 Å². The van der Waals surface area contributed by atoms with Gasteiger partial charge in [-0.1, -0.05) is 49.2 Å². The van der Waals surface area contributed by atoms with E-state index in [0.29, 0.717) is 0 Å². The predicted octanol–water partition coefficient (Wildman–Crippen LogP) is 6.03. The fourth-order valence-corrected chi connectivity index (χ4v) is 3.30. The van der Waals surface area contributed by atoms with Crippen LogP contribution in [-0.2, 0) is 6.42 Å². The van der Waals surface area contributed by atoms with Gasteiger partial charge in [0.05, 0.1) is 11.0 Å². The third kappa shape index (κ3) is 4.44. The molecular weight excluding hydrogens is 354 g/mol. The molecule has 136 valence electrons. The minimum atomic E-state index is 0.757. The van der Waals surface area contributed by atoms with Crippen molar-refractivity contribution in [2.24, 2.45) is 0 Å². The molecule has 0 atom stereocenters. The van der Waals surface area contributed by atoms with E-state index in [0.717, 1.165) is 46.2 Å². The van der Waals surface area contributed by atoms with Crippen LogP contribution in [0, 0.1) is 0 Å². The number of rotatable bonds is 7. The molecule has 0 saturated carbocycles. The highest BCUT2D eigenvalue weighted by Crippen LogP contribution is 2.23. The van der Waals surface area contributed by atoms with Crippen molar-refractivity contribution >= 4 is 28.7 Å². The summed E-state index contributed by atoms with van der Waals surface area (Å²) >= 11 is 1.68. The Morgan fingerprint density at radius 2 is 1.74 bits per heavy atom. The smallest absolute Gasteiger partial charge is 0.127 e. The summed E-state index contributed by atoms with van der Waals surface area (Å²) in [4.78, 5) is 8.12. The molecule has 27 heavy (non-hydrogen) atoms. The number of para-hydroxylation sites is 1. The standard InChI is InChI=1S/C22H21N3OS/c1-2-27-25-17-10-13-20-21(15-17)24-22(23-20)14-16-8-11-19(12-9-16)26-18-6-4-3-5-7-18/h3-13,15,25H,2,14H2,1H3,(H,23,24). The number of hydrogen-bond acceptors (Lipinski definition) is 4. The Bertz CT molecular complexity index is 1010. The van der Waals surface area contributed by atoms with Crippen molar-refractivity contribution in [1.29, 1.82) is 0 Å². The van der Waals surface area contributed by atoms with Gasteiger partial charge in [-0.05, 0) is 48.0 Å². The average molecular weight is 375 g/mol. The van der Waals surface area contributed by atoms with Gasteiger partial charge in [-0.25, -0.2) is 4.98 Å². The van der Waals surface area contributed by atoms with Gasteiger partial charge in [0.2, 0.25) is 0 Å². The Kier molecular flexibility index (Phi) is 5.30. The summed E-state index contributed by atoms with van der Waals surface area (Å²) in [7, 11) is 0. The largest absolute Gasteiger partial charge is 0.457 e. The summed E-state index contributed by atoms with van der Waals surface area (Å²) in [5, 5.41) is 0. The molecule has 0 spiro atoms. The van der Waals surface area contributed by atoms with Crippen LogP contribution in [0.25, 0.3) is 11.0 Å². The monoisotopic (exact) mass is 375 g/mol. The first-order valence-corrected chi connectivity index (χ1v) is 9.97.